The van der Waals surface area contributed by atoms with Crippen LogP contribution in [0.1, 0.15) is 48.7 Å². The lowest BCUT2D eigenvalue weighted by Crippen LogP contribution is -2.45. The Hall–Kier alpha value is -1.90. The second-order valence-corrected chi connectivity index (χ2v) is 10.6. The molecular weight excluding hydrogens is 477 g/mol. The quantitative estimate of drug-likeness (QED) is 0.473. The molecule has 9 heteroatoms. The van der Waals surface area contributed by atoms with Crippen LogP contribution in [0.25, 0.3) is 0 Å². The van der Waals surface area contributed by atoms with E-state index < -0.39 is 6.10 Å². The van der Waals surface area contributed by atoms with Gasteiger partial charge in [0.25, 0.3) is 0 Å². The zero-order chi connectivity index (χ0) is 23.2. The largest absolute Gasteiger partial charge is 0.387 e. The number of piperidine rings is 1. The minimum Gasteiger partial charge on any atom is -0.387 e. The Kier molecular flexibility index (Phi) is 6.27. The van der Waals surface area contributed by atoms with E-state index in [1.54, 1.807) is 25.4 Å². The number of anilines is 1. The lowest BCUT2D eigenvalue weighted by Gasteiger charge is -2.43. The molecule has 0 amide bonds. The van der Waals surface area contributed by atoms with Gasteiger partial charge in [0, 0.05) is 30.2 Å². The monoisotopic (exact) mass is 501 g/mol. The van der Waals surface area contributed by atoms with E-state index >= 15 is 0 Å². The Bertz CT molecular complexity index is 1180. The Labute approximate surface area is 207 Å². The standard InChI is InChI=1S/C24H25Cl2N5OS/c1-14(32)20-23(29-13-18(30-20)33-17-6-9-28-22(26)19(17)25)31-10-7-24(8-11-31)12-15-4-2-3-5-16(15)21(24)27/h2-6,9,13-14,21,32H,7-8,10-12,27H2,1H3/t14-,21-/m1/s1. The number of aromatic nitrogens is 3. The molecule has 6 nitrogen and oxygen atoms in total. The lowest BCUT2D eigenvalue weighted by atomic mass is 9.73. The van der Waals surface area contributed by atoms with Gasteiger partial charge in [0.15, 0.2) is 5.82 Å². The summed E-state index contributed by atoms with van der Waals surface area (Å²) in [6.07, 6.45) is 5.55. The van der Waals surface area contributed by atoms with Crippen LogP contribution < -0.4 is 10.6 Å². The second-order valence-electron chi connectivity index (χ2n) is 8.81. The van der Waals surface area contributed by atoms with E-state index in [9.17, 15) is 5.11 Å². The number of aliphatic hydroxyl groups excluding tert-OH is 1. The molecule has 1 aromatic carbocycles. The summed E-state index contributed by atoms with van der Waals surface area (Å²) in [5, 5.41) is 11.7. The zero-order valence-corrected chi connectivity index (χ0v) is 20.5. The number of nitrogens with zero attached hydrogens (tertiary/aromatic N) is 4. The second kappa shape index (κ2) is 9.04. The topological polar surface area (TPSA) is 88.2 Å². The van der Waals surface area contributed by atoms with Gasteiger partial charge in [-0.15, -0.1) is 0 Å². The maximum absolute atomic E-state index is 10.5. The third-order valence-electron chi connectivity index (χ3n) is 6.83. The maximum atomic E-state index is 10.5. The molecule has 0 bridgehead atoms. The number of pyridine rings is 1. The third kappa shape index (κ3) is 4.21. The van der Waals surface area contributed by atoms with Gasteiger partial charge in [0.1, 0.15) is 15.9 Å². The first-order valence-electron chi connectivity index (χ1n) is 11.0. The summed E-state index contributed by atoms with van der Waals surface area (Å²) in [6, 6.07) is 10.4. The van der Waals surface area contributed by atoms with Crippen LogP contribution in [-0.2, 0) is 6.42 Å². The average molecular weight is 502 g/mol. The van der Waals surface area contributed by atoms with Crippen molar-refractivity contribution in [3.05, 3.63) is 69.7 Å². The molecule has 172 valence electrons. The molecule has 3 N–H and O–H groups in total. The minimum absolute atomic E-state index is 0.0638. The average Bonchev–Trinajstić information content (AvgIpc) is 3.09. The summed E-state index contributed by atoms with van der Waals surface area (Å²) in [5.41, 5.74) is 10.0. The number of halogens is 2. The van der Waals surface area contributed by atoms with Crippen LogP contribution in [0.3, 0.4) is 0 Å². The van der Waals surface area contributed by atoms with Gasteiger partial charge in [-0.05, 0) is 48.8 Å². The molecule has 0 saturated carbocycles. The molecule has 1 saturated heterocycles. The zero-order valence-electron chi connectivity index (χ0n) is 18.2. The van der Waals surface area contributed by atoms with Gasteiger partial charge in [-0.3, -0.25) is 0 Å². The minimum atomic E-state index is -0.751. The predicted molar refractivity (Wildman–Crippen MR) is 132 cm³/mol. The number of hydrogen-bond donors (Lipinski definition) is 2. The molecule has 0 unspecified atom stereocenters. The van der Waals surface area contributed by atoms with E-state index in [2.05, 4.69) is 34.1 Å². The predicted octanol–water partition coefficient (Wildman–Crippen LogP) is 5.23. The van der Waals surface area contributed by atoms with E-state index in [-0.39, 0.29) is 16.6 Å². The molecule has 1 aliphatic heterocycles. The highest BCUT2D eigenvalue weighted by Gasteiger charge is 2.46. The van der Waals surface area contributed by atoms with Crippen molar-refractivity contribution in [3.63, 3.8) is 0 Å². The smallest absolute Gasteiger partial charge is 0.153 e. The van der Waals surface area contributed by atoms with E-state index in [1.807, 2.05) is 0 Å². The van der Waals surface area contributed by atoms with Crippen molar-refractivity contribution >= 4 is 40.8 Å². The molecule has 5 rings (SSSR count). The summed E-state index contributed by atoms with van der Waals surface area (Å²) in [4.78, 5) is 16.4. The molecule has 2 aliphatic rings. The fourth-order valence-electron chi connectivity index (χ4n) is 5.02. The fraction of sp³-hybridized carbons (Fsp3) is 0.375. The van der Waals surface area contributed by atoms with Crippen LogP contribution in [0.5, 0.6) is 0 Å². The molecule has 2 aromatic heterocycles. The number of hydrogen-bond acceptors (Lipinski definition) is 7. The highest BCUT2D eigenvalue weighted by Crippen LogP contribution is 2.51. The first-order chi connectivity index (χ1) is 15.9. The SMILES string of the molecule is C[C@@H](O)c1nc(Sc2ccnc(Cl)c2Cl)cnc1N1CCC2(CC1)Cc1ccccc1[C@H]2N. The van der Waals surface area contributed by atoms with Crippen LogP contribution >= 0.6 is 35.0 Å². The number of nitrogens with two attached hydrogens (primary N) is 1. The molecule has 1 spiro atoms. The van der Waals surface area contributed by atoms with Gasteiger partial charge in [0.05, 0.1) is 17.3 Å². The van der Waals surface area contributed by atoms with Gasteiger partial charge >= 0.3 is 0 Å². The molecule has 1 fully saturated rings. The van der Waals surface area contributed by atoms with Crippen LogP contribution in [0, 0.1) is 5.41 Å². The van der Waals surface area contributed by atoms with Crippen molar-refractivity contribution in [1.29, 1.82) is 0 Å². The molecule has 33 heavy (non-hydrogen) atoms. The summed E-state index contributed by atoms with van der Waals surface area (Å²) in [6.45, 7) is 3.37. The molecular formula is C24H25Cl2N5OS. The van der Waals surface area contributed by atoms with Crippen molar-refractivity contribution in [1.82, 2.24) is 15.0 Å². The highest BCUT2D eigenvalue weighted by atomic mass is 35.5. The molecule has 1 aliphatic carbocycles. The number of rotatable bonds is 4. The van der Waals surface area contributed by atoms with Gasteiger partial charge in [-0.25, -0.2) is 15.0 Å². The van der Waals surface area contributed by atoms with Crippen molar-refractivity contribution in [2.24, 2.45) is 11.1 Å². The molecule has 0 radical (unpaired) electrons. The molecule has 3 heterocycles. The van der Waals surface area contributed by atoms with E-state index in [4.69, 9.17) is 38.9 Å². The molecule has 2 atom stereocenters. The summed E-state index contributed by atoms with van der Waals surface area (Å²) in [5.74, 6) is 0.729. The van der Waals surface area contributed by atoms with Crippen LogP contribution in [-0.4, -0.2) is 33.1 Å². The van der Waals surface area contributed by atoms with E-state index in [1.165, 1.54) is 22.9 Å². The Morgan fingerprint density at radius 1 is 1.18 bits per heavy atom. The van der Waals surface area contributed by atoms with Gasteiger partial charge < -0.3 is 15.7 Å². The van der Waals surface area contributed by atoms with Crippen LogP contribution in [0.15, 0.2) is 52.6 Å². The maximum Gasteiger partial charge on any atom is 0.153 e. The van der Waals surface area contributed by atoms with Crippen LogP contribution in [0.4, 0.5) is 5.82 Å². The Balaban J connectivity index is 1.35. The third-order valence-corrected chi connectivity index (χ3v) is 8.67. The fourth-order valence-corrected chi connectivity index (χ4v) is 6.25. The van der Waals surface area contributed by atoms with Gasteiger partial charge in [0.2, 0.25) is 0 Å². The Morgan fingerprint density at radius 2 is 1.94 bits per heavy atom. The lowest BCUT2D eigenvalue weighted by molar-refractivity contribution is 0.182. The van der Waals surface area contributed by atoms with E-state index in [0.717, 1.165) is 43.1 Å². The van der Waals surface area contributed by atoms with Gasteiger partial charge in [-0.2, -0.15) is 0 Å². The number of aliphatic hydroxyl groups is 1. The highest BCUT2D eigenvalue weighted by molar-refractivity contribution is 7.99. The first kappa shape index (κ1) is 22.9. The van der Waals surface area contributed by atoms with Crippen molar-refractivity contribution in [3.8, 4) is 0 Å². The summed E-state index contributed by atoms with van der Waals surface area (Å²) < 4.78 is 0. The Morgan fingerprint density at radius 3 is 2.67 bits per heavy atom. The summed E-state index contributed by atoms with van der Waals surface area (Å²) in [7, 11) is 0. The van der Waals surface area contributed by atoms with Gasteiger partial charge in [-0.1, -0.05) is 59.2 Å². The van der Waals surface area contributed by atoms with E-state index in [0.29, 0.717) is 15.7 Å². The molecule has 3 aromatic rings. The van der Waals surface area contributed by atoms with Crippen molar-refractivity contribution in [2.75, 3.05) is 18.0 Å². The first-order valence-corrected chi connectivity index (χ1v) is 12.6. The number of benzene rings is 1. The summed E-state index contributed by atoms with van der Waals surface area (Å²) >= 11 is 13.7. The van der Waals surface area contributed by atoms with Crippen LogP contribution in [0.2, 0.25) is 10.2 Å². The van der Waals surface area contributed by atoms with Crippen molar-refractivity contribution in [2.45, 2.75) is 48.3 Å². The number of fused-ring (bicyclic) bond motifs is 1. The normalized spacial score (nSPS) is 20.2. The van der Waals surface area contributed by atoms with Crippen molar-refractivity contribution < 1.29 is 5.11 Å².